The van der Waals surface area contributed by atoms with Crippen molar-refractivity contribution in [2.24, 2.45) is 0 Å². The lowest BCUT2D eigenvalue weighted by molar-refractivity contribution is -0.123. The summed E-state index contributed by atoms with van der Waals surface area (Å²) in [5, 5.41) is 5.94. The van der Waals surface area contributed by atoms with Crippen molar-refractivity contribution in [2.45, 2.75) is 34.1 Å². The lowest BCUT2D eigenvalue weighted by Crippen LogP contribution is -2.23. The van der Waals surface area contributed by atoms with Gasteiger partial charge in [0.25, 0.3) is 0 Å². The number of halogens is 1. The first-order chi connectivity index (χ1) is 12.8. The fraction of sp³-hybridized carbons (Fsp3) is 0.333. The SMILES string of the molecule is CCN(CC)c1ccc(NC(=O)CC(=O)Nc2c(C)cc(C)cc2Cl)cc1. The first-order valence-corrected chi connectivity index (χ1v) is 9.43. The van der Waals surface area contributed by atoms with Gasteiger partial charge in [0, 0.05) is 24.5 Å². The molecule has 0 aliphatic carbocycles. The summed E-state index contributed by atoms with van der Waals surface area (Å²) in [7, 11) is 0. The number of hydrogen-bond acceptors (Lipinski definition) is 3. The van der Waals surface area contributed by atoms with Gasteiger partial charge in [-0.1, -0.05) is 17.7 Å². The lowest BCUT2D eigenvalue weighted by Gasteiger charge is -2.21. The second-order valence-corrected chi connectivity index (χ2v) is 6.84. The Balaban J connectivity index is 1.94. The number of hydrogen-bond donors (Lipinski definition) is 2. The third kappa shape index (κ3) is 5.73. The van der Waals surface area contributed by atoms with Gasteiger partial charge in [-0.15, -0.1) is 0 Å². The van der Waals surface area contributed by atoms with Gasteiger partial charge >= 0.3 is 0 Å². The van der Waals surface area contributed by atoms with Crippen molar-refractivity contribution in [3.63, 3.8) is 0 Å². The number of nitrogens with zero attached hydrogens (tertiary/aromatic N) is 1. The first-order valence-electron chi connectivity index (χ1n) is 9.05. The number of rotatable bonds is 7. The van der Waals surface area contributed by atoms with Gasteiger partial charge in [0.15, 0.2) is 0 Å². The molecule has 0 radical (unpaired) electrons. The summed E-state index contributed by atoms with van der Waals surface area (Å²) in [6, 6.07) is 11.3. The summed E-state index contributed by atoms with van der Waals surface area (Å²) in [6.45, 7) is 9.84. The maximum absolute atomic E-state index is 12.2. The molecule has 0 spiro atoms. The summed E-state index contributed by atoms with van der Waals surface area (Å²) < 4.78 is 0. The summed E-state index contributed by atoms with van der Waals surface area (Å²) in [5.74, 6) is -0.773. The maximum Gasteiger partial charge on any atom is 0.233 e. The van der Waals surface area contributed by atoms with Crippen LogP contribution in [-0.4, -0.2) is 24.9 Å². The van der Waals surface area contributed by atoms with Gasteiger partial charge in [0.2, 0.25) is 11.8 Å². The molecule has 0 atom stereocenters. The fourth-order valence-corrected chi connectivity index (χ4v) is 3.32. The number of benzene rings is 2. The highest BCUT2D eigenvalue weighted by Crippen LogP contribution is 2.27. The first kappa shape index (κ1) is 20.8. The Morgan fingerprint density at radius 3 is 2.11 bits per heavy atom. The van der Waals surface area contributed by atoms with Crippen molar-refractivity contribution in [1.82, 2.24) is 0 Å². The zero-order valence-corrected chi connectivity index (χ0v) is 17.0. The van der Waals surface area contributed by atoms with Gasteiger partial charge in [-0.2, -0.15) is 0 Å². The van der Waals surface area contributed by atoms with E-state index in [0.29, 0.717) is 16.4 Å². The molecule has 2 amide bonds. The molecule has 6 heteroatoms. The average molecular weight is 388 g/mol. The van der Waals surface area contributed by atoms with Gasteiger partial charge in [-0.25, -0.2) is 0 Å². The lowest BCUT2D eigenvalue weighted by atomic mass is 10.1. The predicted octanol–water partition coefficient (Wildman–Crippen LogP) is 4.77. The van der Waals surface area contributed by atoms with E-state index in [0.717, 1.165) is 29.9 Å². The van der Waals surface area contributed by atoms with Gasteiger partial charge in [0.1, 0.15) is 6.42 Å². The average Bonchev–Trinajstić information content (AvgIpc) is 2.60. The van der Waals surface area contributed by atoms with E-state index in [4.69, 9.17) is 11.6 Å². The van der Waals surface area contributed by atoms with Crippen LogP contribution in [0.25, 0.3) is 0 Å². The molecule has 2 aromatic carbocycles. The van der Waals surface area contributed by atoms with Crippen LogP contribution in [0.1, 0.15) is 31.4 Å². The van der Waals surface area contributed by atoms with Crippen LogP contribution in [0.4, 0.5) is 17.1 Å². The van der Waals surface area contributed by atoms with Crippen molar-refractivity contribution in [1.29, 1.82) is 0 Å². The molecule has 0 heterocycles. The summed E-state index contributed by atoms with van der Waals surface area (Å²) in [6.07, 6.45) is -0.276. The third-order valence-corrected chi connectivity index (χ3v) is 4.60. The summed E-state index contributed by atoms with van der Waals surface area (Å²) >= 11 is 6.19. The van der Waals surface area contributed by atoms with Crippen LogP contribution < -0.4 is 15.5 Å². The predicted molar refractivity (Wildman–Crippen MR) is 113 cm³/mol. The van der Waals surface area contributed by atoms with Crippen molar-refractivity contribution in [3.8, 4) is 0 Å². The second-order valence-electron chi connectivity index (χ2n) is 6.43. The van der Waals surface area contributed by atoms with Gasteiger partial charge in [-0.3, -0.25) is 9.59 Å². The number of nitrogens with one attached hydrogen (secondary N) is 2. The Bertz CT molecular complexity index is 792. The van der Waals surface area contributed by atoms with Crippen LogP contribution in [-0.2, 0) is 9.59 Å². The van der Waals surface area contributed by atoms with E-state index in [2.05, 4.69) is 29.4 Å². The highest BCUT2D eigenvalue weighted by molar-refractivity contribution is 6.34. The van der Waals surface area contributed by atoms with E-state index in [9.17, 15) is 9.59 Å². The van der Waals surface area contributed by atoms with E-state index < -0.39 is 5.91 Å². The maximum atomic E-state index is 12.2. The number of carbonyl (C=O) groups is 2. The number of aryl methyl sites for hydroxylation is 2. The summed E-state index contributed by atoms with van der Waals surface area (Å²) in [5.41, 5.74) is 4.18. The van der Waals surface area contributed by atoms with Crippen LogP contribution in [0.5, 0.6) is 0 Å². The molecule has 0 unspecified atom stereocenters. The molecule has 144 valence electrons. The molecule has 2 rings (SSSR count). The molecule has 0 aliphatic rings. The van der Waals surface area contributed by atoms with E-state index >= 15 is 0 Å². The molecule has 0 saturated carbocycles. The smallest absolute Gasteiger partial charge is 0.233 e. The molecule has 5 nitrogen and oxygen atoms in total. The van der Waals surface area contributed by atoms with E-state index in [1.165, 1.54) is 0 Å². The number of anilines is 3. The number of amides is 2. The standard InChI is InChI=1S/C21H26ClN3O2/c1-5-25(6-2)17-9-7-16(8-10-17)23-19(26)13-20(27)24-21-15(4)11-14(3)12-18(21)22/h7-12H,5-6,13H2,1-4H3,(H,23,26)(H,24,27). The van der Waals surface area contributed by atoms with Crippen LogP contribution in [0, 0.1) is 13.8 Å². The topological polar surface area (TPSA) is 61.4 Å². The quantitative estimate of drug-likeness (QED) is 0.672. The Morgan fingerprint density at radius 2 is 1.56 bits per heavy atom. The van der Waals surface area contributed by atoms with E-state index in [-0.39, 0.29) is 12.3 Å². The van der Waals surface area contributed by atoms with Crippen molar-refractivity contribution >= 4 is 40.5 Å². The molecular weight excluding hydrogens is 362 g/mol. The molecule has 0 aromatic heterocycles. The van der Waals surface area contributed by atoms with Crippen LogP contribution in [0.2, 0.25) is 5.02 Å². The Kier molecular flexibility index (Phi) is 7.25. The molecule has 0 bridgehead atoms. The summed E-state index contributed by atoms with van der Waals surface area (Å²) in [4.78, 5) is 26.6. The molecular formula is C21H26ClN3O2. The molecule has 0 fully saturated rings. The minimum atomic E-state index is -0.402. The highest BCUT2D eigenvalue weighted by Gasteiger charge is 2.13. The molecule has 27 heavy (non-hydrogen) atoms. The largest absolute Gasteiger partial charge is 0.372 e. The fourth-order valence-electron chi connectivity index (χ4n) is 2.95. The van der Waals surface area contributed by atoms with Crippen molar-refractivity contribution in [3.05, 3.63) is 52.5 Å². The Labute approximate surface area is 165 Å². The van der Waals surface area contributed by atoms with Crippen molar-refractivity contribution < 1.29 is 9.59 Å². The van der Waals surface area contributed by atoms with Gasteiger partial charge < -0.3 is 15.5 Å². The minimum absolute atomic E-state index is 0.276. The molecule has 0 saturated heterocycles. The van der Waals surface area contributed by atoms with Crippen molar-refractivity contribution in [2.75, 3.05) is 28.6 Å². The van der Waals surface area contributed by atoms with E-state index in [1.807, 2.05) is 44.2 Å². The van der Waals surface area contributed by atoms with Crippen LogP contribution >= 0.6 is 11.6 Å². The zero-order valence-electron chi connectivity index (χ0n) is 16.2. The molecule has 0 aliphatic heterocycles. The van der Waals surface area contributed by atoms with Crippen LogP contribution in [0.3, 0.4) is 0 Å². The third-order valence-electron chi connectivity index (χ3n) is 4.30. The highest BCUT2D eigenvalue weighted by atomic mass is 35.5. The van der Waals surface area contributed by atoms with Crippen LogP contribution in [0.15, 0.2) is 36.4 Å². The Morgan fingerprint density at radius 1 is 0.963 bits per heavy atom. The Hall–Kier alpha value is -2.53. The van der Waals surface area contributed by atoms with Gasteiger partial charge in [-0.05, 0) is 69.2 Å². The van der Waals surface area contributed by atoms with E-state index in [1.54, 1.807) is 6.07 Å². The normalized spacial score (nSPS) is 10.4. The molecule has 2 N–H and O–H groups in total. The monoisotopic (exact) mass is 387 g/mol. The van der Waals surface area contributed by atoms with Gasteiger partial charge in [0.05, 0.1) is 10.7 Å². The number of carbonyl (C=O) groups excluding carboxylic acids is 2. The minimum Gasteiger partial charge on any atom is -0.372 e. The zero-order chi connectivity index (χ0) is 20.0. The second kappa shape index (κ2) is 9.42. The molecule has 2 aromatic rings.